The Morgan fingerprint density at radius 3 is 2.75 bits per heavy atom. The molecule has 2 heterocycles. The molecule has 1 aromatic heterocycles. The molecule has 0 spiro atoms. The van der Waals surface area contributed by atoms with Crippen LogP contribution in [0.5, 0.6) is 0 Å². The van der Waals surface area contributed by atoms with Crippen LogP contribution in [-0.2, 0) is 24.9 Å². The second-order valence-electron chi connectivity index (χ2n) is 6.57. The van der Waals surface area contributed by atoms with E-state index in [-0.39, 0.29) is 11.8 Å². The molecule has 0 aliphatic carbocycles. The fourth-order valence-electron chi connectivity index (χ4n) is 3.13. The Kier molecular flexibility index (Phi) is 5.16. The number of thioether (sulfide) groups is 1. The number of hydrogen-bond donors (Lipinski definition) is 1. The molecule has 1 N–H and O–H groups in total. The summed E-state index contributed by atoms with van der Waals surface area (Å²) in [5.74, 6) is 0.284. The first kappa shape index (κ1) is 18.3. The van der Waals surface area contributed by atoms with Crippen LogP contribution >= 0.6 is 11.8 Å². The average Bonchev–Trinajstić information content (AvgIpc) is 3.13. The second-order valence-corrected chi connectivity index (χ2v) is 7.58. The Balaban J connectivity index is 1.56. The molecule has 28 heavy (non-hydrogen) atoms. The highest BCUT2D eigenvalue weighted by molar-refractivity contribution is 8.00. The maximum atomic E-state index is 12.6. The van der Waals surface area contributed by atoms with Crippen molar-refractivity contribution in [2.45, 2.75) is 18.0 Å². The van der Waals surface area contributed by atoms with E-state index < -0.39 is 0 Å². The third-order valence-electron chi connectivity index (χ3n) is 4.70. The molecule has 0 atom stereocenters. The summed E-state index contributed by atoms with van der Waals surface area (Å²) in [5.41, 5.74) is 3.30. The fraction of sp³-hybridized carbons (Fsp3) is 0.190. The van der Waals surface area contributed by atoms with Crippen molar-refractivity contribution in [3.05, 3.63) is 77.6 Å². The van der Waals surface area contributed by atoms with E-state index in [4.69, 9.17) is 0 Å². The summed E-state index contributed by atoms with van der Waals surface area (Å²) in [4.78, 5) is 28.0. The molecule has 0 radical (unpaired) electrons. The van der Waals surface area contributed by atoms with Gasteiger partial charge in [-0.3, -0.25) is 14.3 Å². The van der Waals surface area contributed by atoms with Gasteiger partial charge in [0.05, 0.1) is 30.2 Å². The van der Waals surface area contributed by atoms with Gasteiger partial charge < -0.3 is 10.2 Å². The van der Waals surface area contributed by atoms with Crippen LogP contribution in [-0.4, -0.2) is 27.3 Å². The summed E-state index contributed by atoms with van der Waals surface area (Å²) in [7, 11) is 1.84. The van der Waals surface area contributed by atoms with Gasteiger partial charge in [0.1, 0.15) is 0 Å². The monoisotopic (exact) mass is 392 g/mol. The number of amides is 2. The minimum absolute atomic E-state index is 0.0498. The number of rotatable bonds is 5. The largest absolute Gasteiger partial charge is 0.346 e. The van der Waals surface area contributed by atoms with Crippen LogP contribution in [0.3, 0.4) is 0 Å². The van der Waals surface area contributed by atoms with Crippen LogP contribution in [0.15, 0.2) is 65.7 Å². The van der Waals surface area contributed by atoms with Crippen molar-refractivity contribution in [3.8, 4) is 0 Å². The summed E-state index contributed by atoms with van der Waals surface area (Å²) in [6.45, 7) is 0.890. The van der Waals surface area contributed by atoms with Crippen LogP contribution in [0.4, 0.5) is 5.69 Å². The van der Waals surface area contributed by atoms with E-state index in [0.29, 0.717) is 24.4 Å². The Morgan fingerprint density at radius 2 is 2.00 bits per heavy atom. The molecule has 0 saturated carbocycles. The fourth-order valence-corrected chi connectivity index (χ4v) is 4.05. The summed E-state index contributed by atoms with van der Waals surface area (Å²) in [6, 6.07) is 17.3. The Labute approximate surface area is 167 Å². The van der Waals surface area contributed by atoms with Crippen LogP contribution in [0.25, 0.3) is 0 Å². The van der Waals surface area contributed by atoms with Crippen LogP contribution < -0.4 is 10.2 Å². The lowest BCUT2D eigenvalue weighted by molar-refractivity contribution is -0.116. The molecule has 2 amide bonds. The van der Waals surface area contributed by atoms with E-state index >= 15 is 0 Å². The Bertz CT molecular complexity index is 1020. The average molecular weight is 392 g/mol. The van der Waals surface area contributed by atoms with Gasteiger partial charge in [0.2, 0.25) is 5.91 Å². The zero-order valence-electron chi connectivity index (χ0n) is 15.5. The van der Waals surface area contributed by atoms with Crippen molar-refractivity contribution in [1.82, 2.24) is 15.1 Å². The SMILES string of the molecule is Cn1nccc1CNC(=O)c1ccc2c(c1)N(Cc1ccccc1)C(=O)CS2. The molecule has 7 heteroatoms. The maximum Gasteiger partial charge on any atom is 0.251 e. The van der Waals surface area contributed by atoms with Crippen LogP contribution in [0, 0.1) is 0 Å². The molecule has 1 aliphatic heterocycles. The van der Waals surface area contributed by atoms with E-state index in [1.807, 2.05) is 49.5 Å². The van der Waals surface area contributed by atoms with Crippen molar-refractivity contribution in [2.24, 2.45) is 7.05 Å². The predicted octanol–water partition coefficient (Wildman–Crippen LogP) is 2.99. The number of nitrogens with zero attached hydrogens (tertiary/aromatic N) is 3. The number of aryl methyl sites for hydroxylation is 1. The van der Waals surface area contributed by atoms with Gasteiger partial charge in [-0.05, 0) is 29.8 Å². The standard InChI is InChI=1S/C21H20N4O2S/c1-24-17(9-10-23-24)12-22-21(27)16-7-8-19-18(11-16)25(20(26)14-28-19)13-15-5-3-2-4-6-15/h2-11H,12-14H2,1H3,(H,22,27). The van der Waals surface area contributed by atoms with Gasteiger partial charge in [0, 0.05) is 23.7 Å². The van der Waals surface area contributed by atoms with Gasteiger partial charge in [0.15, 0.2) is 0 Å². The highest BCUT2D eigenvalue weighted by atomic mass is 32.2. The van der Waals surface area contributed by atoms with Crippen molar-refractivity contribution in [2.75, 3.05) is 10.7 Å². The molecule has 0 unspecified atom stereocenters. The number of nitrogens with one attached hydrogen (secondary N) is 1. The lowest BCUT2D eigenvalue weighted by Gasteiger charge is -2.29. The van der Waals surface area contributed by atoms with E-state index in [0.717, 1.165) is 21.8 Å². The van der Waals surface area contributed by atoms with Gasteiger partial charge in [-0.1, -0.05) is 30.3 Å². The molecular weight excluding hydrogens is 372 g/mol. The third-order valence-corrected chi connectivity index (χ3v) is 5.75. The van der Waals surface area contributed by atoms with Gasteiger partial charge in [0.25, 0.3) is 5.91 Å². The van der Waals surface area contributed by atoms with Crippen molar-refractivity contribution < 1.29 is 9.59 Å². The van der Waals surface area contributed by atoms with Crippen molar-refractivity contribution in [1.29, 1.82) is 0 Å². The lowest BCUT2D eigenvalue weighted by Crippen LogP contribution is -2.35. The topological polar surface area (TPSA) is 67.2 Å². The normalized spacial score (nSPS) is 13.3. The molecule has 1 aliphatic rings. The summed E-state index contributed by atoms with van der Waals surface area (Å²) in [5, 5.41) is 7.02. The van der Waals surface area contributed by atoms with E-state index in [1.54, 1.807) is 27.9 Å². The zero-order chi connectivity index (χ0) is 19.5. The summed E-state index contributed by atoms with van der Waals surface area (Å²) >= 11 is 1.51. The van der Waals surface area contributed by atoms with Gasteiger partial charge in [-0.25, -0.2) is 0 Å². The van der Waals surface area contributed by atoms with Crippen molar-refractivity contribution >= 4 is 29.3 Å². The first-order chi connectivity index (χ1) is 13.6. The molecule has 2 aromatic carbocycles. The first-order valence-electron chi connectivity index (χ1n) is 8.98. The van der Waals surface area contributed by atoms with Gasteiger partial charge in [-0.2, -0.15) is 5.10 Å². The minimum atomic E-state index is -0.174. The van der Waals surface area contributed by atoms with Gasteiger partial charge in [-0.15, -0.1) is 11.8 Å². The number of benzene rings is 2. The highest BCUT2D eigenvalue weighted by Gasteiger charge is 2.26. The molecule has 0 fully saturated rings. The Hall–Kier alpha value is -3.06. The number of hydrogen-bond acceptors (Lipinski definition) is 4. The Morgan fingerprint density at radius 1 is 1.18 bits per heavy atom. The molecule has 0 bridgehead atoms. The number of aromatic nitrogens is 2. The third kappa shape index (κ3) is 3.80. The van der Waals surface area contributed by atoms with Gasteiger partial charge >= 0.3 is 0 Å². The highest BCUT2D eigenvalue weighted by Crippen LogP contribution is 2.36. The molecule has 3 aromatic rings. The molecule has 0 saturated heterocycles. The maximum absolute atomic E-state index is 12.6. The number of carbonyl (C=O) groups excluding carboxylic acids is 2. The quantitative estimate of drug-likeness (QED) is 0.725. The van der Waals surface area contributed by atoms with Crippen LogP contribution in [0.1, 0.15) is 21.6 Å². The molecule has 6 nitrogen and oxygen atoms in total. The molecule has 142 valence electrons. The van der Waals surface area contributed by atoms with Crippen LogP contribution in [0.2, 0.25) is 0 Å². The summed E-state index contributed by atoms with van der Waals surface area (Å²) in [6.07, 6.45) is 1.70. The number of carbonyl (C=O) groups is 2. The van der Waals surface area contributed by atoms with E-state index in [9.17, 15) is 9.59 Å². The molecule has 4 rings (SSSR count). The van der Waals surface area contributed by atoms with E-state index in [1.165, 1.54) is 11.8 Å². The van der Waals surface area contributed by atoms with E-state index in [2.05, 4.69) is 10.4 Å². The first-order valence-corrected chi connectivity index (χ1v) is 9.96. The lowest BCUT2D eigenvalue weighted by atomic mass is 10.1. The minimum Gasteiger partial charge on any atom is -0.346 e. The number of anilines is 1. The number of fused-ring (bicyclic) bond motifs is 1. The second kappa shape index (κ2) is 7.90. The summed E-state index contributed by atoms with van der Waals surface area (Å²) < 4.78 is 1.73. The smallest absolute Gasteiger partial charge is 0.251 e. The van der Waals surface area contributed by atoms with Crippen molar-refractivity contribution in [3.63, 3.8) is 0 Å². The predicted molar refractivity (Wildman–Crippen MR) is 109 cm³/mol. The molecular formula is C21H20N4O2S. The zero-order valence-corrected chi connectivity index (χ0v) is 16.3.